The summed E-state index contributed by atoms with van der Waals surface area (Å²) in [7, 11) is 0. The monoisotopic (exact) mass is 769 g/mol. The van der Waals surface area contributed by atoms with Crippen molar-refractivity contribution in [1.82, 2.24) is 0 Å². The van der Waals surface area contributed by atoms with Gasteiger partial charge in [0, 0.05) is 49.6 Å². The maximum atomic E-state index is 6.93. The van der Waals surface area contributed by atoms with Crippen LogP contribution in [-0.2, 0) is 5.41 Å². The Balaban J connectivity index is 1.02. The quantitative estimate of drug-likeness (QED) is 0.169. The van der Waals surface area contributed by atoms with Crippen molar-refractivity contribution < 1.29 is 8.83 Å². The van der Waals surface area contributed by atoms with Crippen LogP contribution < -0.4 is 4.90 Å². The van der Waals surface area contributed by atoms with Crippen LogP contribution in [0.5, 0.6) is 0 Å². The largest absolute Gasteiger partial charge is 0.456 e. The summed E-state index contributed by atoms with van der Waals surface area (Å²) in [4.78, 5) is 2.40. The average molecular weight is 770 g/mol. The number of anilines is 3. The SMILES string of the molecule is CC1(C)c2ccccc2-c2ccc(N(c3cccc(-c4ccccc4)c3)c3cccc(-c4ccc5c(c4)oc4c(-c6ccccc6)c6c(cc45)oc4ccccc46)c3)cc21. The van der Waals surface area contributed by atoms with E-state index in [2.05, 4.69) is 207 Å². The van der Waals surface area contributed by atoms with Gasteiger partial charge in [-0.1, -0.05) is 153 Å². The Hall–Kier alpha value is -7.62. The van der Waals surface area contributed by atoms with Crippen molar-refractivity contribution in [2.45, 2.75) is 19.3 Å². The number of para-hydroxylation sites is 1. The number of benzene rings is 9. The summed E-state index contributed by atoms with van der Waals surface area (Å²) in [6.45, 7) is 4.69. The molecule has 0 aliphatic heterocycles. The molecule has 12 rings (SSSR count). The van der Waals surface area contributed by atoms with Crippen LogP contribution in [0.3, 0.4) is 0 Å². The van der Waals surface area contributed by atoms with Crippen molar-refractivity contribution in [1.29, 1.82) is 0 Å². The van der Waals surface area contributed by atoms with Crippen LogP contribution in [0.4, 0.5) is 17.1 Å². The molecular formula is C57H39NO2. The van der Waals surface area contributed by atoms with Crippen molar-refractivity contribution in [3.05, 3.63) is 211 Å². The van der Waals surface area contributed by atoms with Gasteiger partial charge in [-0.15, -0.1) is 0 Å². The lowest BCUT2D eigenvalue weighted by atomic mass is 9.82. The summed E-state index contributed by atoms with van der Waals surface area (Å²) in [5.41, 5.74) is 18.7. The van der Waals surface area contributed by atoms with Gasteiger partial charge in [0.1, 0.15) is 22.3 Å². The highest BCUT2D eigenvalue weighted by molar-refractivity contribution is 6.23. The molecule has 9 aromatic carbocycles. The lowest BCUT2D eigenvalue weighted by molar-refractivity contribution is 0.660. The third-order valence-electron chi connectivity index (χ3n) is 12.6. The molecule has 2 aromatic heterocycles. The fourth-order valence-electron chi connectivity index (χ4n) is 9.73. The highest BCUT2D eigenvalue weighted by atomic mass is 16.3. The predicted octanol–water partition coefficient (Wildman–Crippen LogP) is 16.3. The van der Waals surface area contributed by atoms with E-state index >= 15 is 0 Å². The Kier molecular flexibility index (Phi) is 7.58. The molecule has 1 aliphatic rings. The molecule has 3 nitrogen and oxygen atoms in total. The Labute approximate surface area is 348 Å². The number of rotatable bonds is 6. The van der Waals surface area contributed by atoms with Crippen molar-refractivity contribution in [2.24, 2.45) is 0 Å². The van der Waals surface area contributed by atoms with Crippen molar-refractivity contribution in [3.63, 3.8) is 0 Å². The number of hydrogen-bond donors (Lipinski definition) is 0. The Morgan fingerprint density at radius 2 is 0.983 bits per heavy atom. The molecule has 0 fully saturated rings. The minimum Gasteiger partial charge on any atom is -0.456 e. The van der Waals surface area contributed by atoms with Gasteiger partial charge in [-0.05, 0) is 111 Å². The zero-order valence-electron chi connectivity index (χ0n) is 33.3. The first-order valence-electron chi connectivity index (χ1n) is 20.7. The zero-order valence-corrected chi connectivity index (χ0v) is 33.3. The van der Waals surface area contributed by atoms with Crippen LogP contribution in [0, 0.1) is 0 Å². The molecule has 0 saturated heterocycles. The Morgan fingerprint density at radius 3 is 1.77 bits per heavy atom. The summed E-state index contributed by atoms with van der Waals surface area (Å²) in [5, 5.41) is 4.26. The van der Waals surface area contributed by atoms with E-state index in [1.54, 1.807) is 0 Å². The normalized spacial score (nSPS) is 13.0. The first-order chi connectivity index (χ1) is 29.5. The minimum atomic E-state index is -0.126. The van der Waals surface area contributed by atoms with Crippen LogP contribution in [0.2, 0.25) is 0 Å². The summed E-state index contributed by atoms with van der Waals surface area (Å²) >= 11 is 0. The molecule has 0 unspecified atom stereocenters. The smallest absolute Gasteiger partial charge is 0.144 e. The molecule has 284 valence electrons. The third-order valence-corrected chi connectivity index (χ3v) is 12.6. The van der Waals surface area contributed by atoms with Gasteiger partial charge in [-0.25, -0.2) is 0 Å². The third kappa shape index (κ3) is 5.29. The van der Waals surface area contributed by atoms with E-state index in [-0.39, 0.29) is 5.41 Å². The molecule has 0 saturated carbocycles. The second kappa shape index (κ2) is 13.2. The minimum absolute atomic E-state index is 0.126. The summed E-state index contributed by atoms with van der Waals surface area (Å²) in [6.07, 6.45) is 0. The highest BCUT2D eigenvalue weighted by Gasteiger charge is 2.35. The van der Waals surface area contributed by atoms with Gasteiger partial charge in [-0.2, -0.15) is 0 Å². The van der Waals surface area contributed by atoms with Gasteiger partial charge in [-0.3, -0.25) is 0 Å². The van der Waals surface area contributed by atoms with E-state index in [9.17, 15) is 0 Å². The van der Waals surface area contributed by atoms with Gasteiger partial charge >= 0.3 is 0 Å². The summed E-state index contributed by atoms with van der Waals surface area (Å²) in [6, 6.07) is 71.8. The molecule has 0 bridgehead atoms. The standard InChI is InChI=1S/C57H39NO2/c1-57(2)49-25-11-9-23-44(49)45-30-28-43(34-50(45)57)58(41-21-13-19-38(31-41)36-15-5-3-6-16-36)42-22-14-20-39(32-42)40-27-29-46-48-35-53-55(47-24-10-12-26-51(47)59-53)54(37-17-7-4-8-18-37)56(48)60-52(46)33-40/h3-35H,1-2H3. The first kappa shape index (κ1) is 34.4. The first-order valence-corrected chi connectivity index (χ1v) is 20.7. The van der Waals surface area contributed by atoms with Crippen LogP contribution in [-0.4, -0.2) is 0 Å². The molecule has 11 aromatic rings. The molecule has 0 radical (unpaired) electrons. The maximum Gasteiger partial charge on any atom is 0.144 e. The number of nitrogens with zero attached hydrogens (tertiary/aromatic N) is 1. The van der Waals surface area contributed by atoms with Gasteiger partial charge in [0.05, 0.1) is 0 Å². The van der Waals surface area contributed by atoms with E-state index in [0.29, 0.717) is 0 Å². The lowest BCUT2D eigenvalue weighted by Gasteiger charge is -2.29. The second-order valence-electron chi connectivity index (χ2n) is 16.5. The number of hydrogen-bond acceptors (Lipinski definition) is 3. The van der Waals surface area contributed by atoms with E-state index in [0.717, 1.165) is 83.2 Å². The fraction of sp³-hybridized carbons (Fsp3) is 0.0526. The molecule has 1 aliphatic carbocycles. The van der Waals surface area contributed by atoms with Crippen molar-refractivity contribution in [3.8, 4) is 44.5 Å². The second-order valence-corrected chi connectivity index (χ2v) is 16.5. The molecule has 0 spiro atoms. The summed E-state index contributed by atoms with van der Waals surface area (Å²) < 4.78 is 13.4. The van der Waals surface area contributed by atoms with Crippen molar-refractivity contribution >= 4 is 60.9 Å². The molecule has 0 atom stereocenters. The molecule has 60 heavy (non-hydrogen) atoms. The van der Waals surface area contributed by atoms with Gasteiger partial charge in [0.25, 0.3) is 0 Å². The molecule has 0 N–H and O–H groups in total. The van der Waals surface area contributed by atoms with Gasteiger partial charge < -0.3 is 13.7 Å². The molecule has 3 heteroatoms. The van der Waals surface area contributed by atoms with E-state index in [4.69, 9.17) is 8.83 Å². The maximum absolute atomic E-state index is 6.93. The highest BCUT2D eigenvalue weighted by Crippen LogP contribution is 2.51. The van der Waals surface area contributed by atoms with E-state index < -0.39 is 0 Å². The Morgan fingerprint density at radius 1 is 0.367 bits per heavy atom. The summed E-state index contributed by atoms with van der Waals surface area (Å²) in [5.74, 6) is 0. The average Bonchev–Trinajstić information content (AvgIpc) is 3.93. The van der Waals surface area contributed by atoms with Crippen molar-refractivity contribution in [2.75, 3.05) is 4.90 Å². The number of fused-ring (bicyclic) bond motifs is 9. The molecule has 2 heterocycles. The van der Waals surface area contributed by atoms with Gasteiger partial charge in [0.15, 0.2) is 0 Å². The van der Waals surface area contributed by atoms with E-state index in [1.165, 1.54) is 33.4 Å². The molecular weight excluding hydrogens is 731 g/mol. The number of furan rings is 2. The molecule has 0 amide bonds. The zero-order chi connectivity index (χ0) is 40.0. The van der Waals surface area contributed by atoms with Crippen LogP contribution in [0.1, 0.15) is 25.0 Å². The lowest BCUT2D eigenvalue weighted by Crippen LogP contribution is -2.16. The van der Waals surface area contributed by atoms with Crippen LogP contribution in [0.25, 0.3) is 88.4 Å². The van der Waals surface area contributed by atoms with Crippen LogP contribution >= 0.6 is 0 Å². The van der Waals surface area contributed by atoms with Crippen LogP contribution in [0.15, 0.2) is 209 Å². The Bertz CT molecular complexity index is 3460. The fourth-order valence-corrected chi connectivity index (χ4v) is 9.73. The van der Waals surface area contributed by atoms with Gasteiger partial charge in [0.2, 0.25) is 0 Å². The topological polar surface area (TPSA) is 29.5 Å². The predicted molar refractivity (Wildman–Crippen MR) is 250 cm³/mol. The van der Waals surface area contributed by atoms with E-state index in [1.807, 2.05) is 12.1 Å².